The molecule has 2 fully saturated rings. The van der Waals surface area contributed by atoms with Crippen molar-refractivity contribution in [1.29, 1.82) is 0 Å². The summed E-state index contributed by atoms with van der Waals surface area (Å²) >= 11 is 12.0. The average molecular weight is 285 g/mol. The second-order valence-electron chi connectivity index (χ2n) is 4.91. The lowest BCUT2D eigenvalue weighted by Gasteiger charge is -2.30. The SMILES string of the molecule is O=C1NC2CCCCC2N1c1cc(Cl)cc(Cl)c1. The first-order chi connectivity index (χ1) is 8.65. The summed E-state index contributed by atoms with van der Waals surface area (Å²) in [5, 5.41) is 4.16. The van der Waals surface area contributed by atoms with E-state index >= 15 is 0 Å². The Kier molecular flexibility index (Phi) is 3.12. The van der Waals surface area contributed by atoms with E-state index in [0.29, 0.717) is 10.0 Å². The van der Waals surface area contributed by atoms with Gasteiger partial charge >= 0.3 is 6.03 Å². The third-order valence-electron chi connectivity index (χ3n) is 3.71. The molecule has 2 atom stereocenters. The molecule has 1 aromatic carbocycles. The maximum absolute atomic E-state index is 12.1. The van der Waals surface area contributed by atoms with Crippen molar-refractivity contribution in [3.05, 3.63) is 28.2 Å². The third-order valence-corrected chi connectivity index (χ3v) is 4.15. The Hall–Kier alpha value is -0.930. The Balaban J connectivity index is 1.96. The molecule has 0 radical (unpaired) electrons. The Labute approximate surface area is 116 Å². The van der Waals surface area contributed by atoms with Crippen LogP contribution >= 0.6 is 23.2 Å². The maximum atomic E-state index is 12.1. The van der Waals surface area contributed by atoms with Crippen LogP contribution in [0.5, 0.6) is 0 Å². The second-order valence-corrected chi connectivity index (χ2v) is 5.78. The van der Waals surface area contributed by atoms with Gasteiger partial charge in [0.2, 0.25) is 0 Å². The largest absolute Gasteiger partial charge is 0.333 e. The molecule has 18 heavy (non-hydrogen) atoms. The van der Waals surface area contributed by atoms with E-state index in [1.165, 1.54) is 12.8 Å². The van der Waals surface area contributed by atoms with Crippen LogP contribution in [0.3, 0.4) is 0 Å². The molecular weight excluding hydrogens is 271 g/mol. The molecule has 3 rings (SSSR count). The number of carbonyl (C=O) groups excluding carboxylic acids is 1. The first kappa shape index (κ1) is 12.1. The highest BCUT2D eigenvalue weighted by Crippen LogP contribution is 2.34. The van der Waals surface area contributed by atoms with Gasteiger partial charge in [-0.2, -0.15) is 0 Å². The Morgan fingerprint density at radius 1 is 1.11 bits per heavy atom. The molecule has 2 unspecified atom stereocenters. The maximum Gasteiger partial charge on any atom is 0.322 e. The van der Waals surface area contributed by atoms with Crippen molar-refractivity contribution in [2.75, 3.05) is 4.90 Å². The van der Waals surface area contributed by atoms with Crippen LogP contribution in [0.4, 0.5) is 10.5 Å². The molecule has 2 amide bonds. The minimum atomic E-state index is -0.0368. The van der Waals surface area contributed by atoms with E-state index in [1.54, 1.807) is 18.2 Å². The second kappa shape index (κ2) is 4.63. The van der Waals surface area contributed by atoms with E-state index in [1.807, 2.05) is 4.90 Å². The summed E-state index contributed by atoms with van der Waals surface area (Å²) < 4.78 is 0. The summed E-state index contributed by atoms with van der Waals surface area (Å²) in [6.45, 7) is 0. The zero-order valence-electron chi connectivity index (χ0n) is 9.83. The van der Waals surface area contributed by atoms with Crippen LogP contribution in [0.2, 0.25) is 10.0 Å². The summed E-state index contributed by atoms with van der Waals surface area (Å²) in [7, 11) is 0. The van der Waals surface area contributed by atoms with Crippen molar-refractivity contribution in [3.63, 3.8) is 0 Å². The molecule has 96 valence electrons. The van der Waals surface area contributed by atoms with Crippen LogP contribution < -0.4 is 10.2 Å². The fourth-order valence-electron chi connectivity index (χ4n) is 2.95. The number of nitrogens with one attached hydrogen (secondary N) is 1. The molecule has 0 aromatic heterocycles. The average Bonchev–Trinajstić information content (AvgIpc) is 2.63. The summed E-state index contributed by atoms with van der Waals surface area (Å²) in [4.78, 5) is 13.9. The number of fused-ring (bicyclic) bond motifs is 1. The molecule has 1 aliphatic carbocycles. The van der Waals surface area contributed by atoms with Crippen molar-refractivity contribution >= 4 is 34.9 Å². The predicted molar refractivity (Wildman–Crippen MR) is 73.5 cm³/mol. The van der Waals surface area contributed by atoms with Crippen LogP contribution in [0.15, 0.2) is 18.2 Å². The van der Waals surface area contributed by atoms with Gasteiger partial charge in [-0.25, -0.2) is 4.79 Å². The topological polar surface area (TPSA) is 32.3 Å². The highest BCUT2D eigenvalue weighted by Gasteiger charge is 2.41. The zero-order chi connectivity index (χ0) is 12.7. The van der Waals surface area contributed by atoms with Crippen LogP contribution in [0.1, 0.15) is 25.7 Å². The van der Waals surface area contributed by atoms with Crippen molar-refractivity contribution in [2.45, 2.75) is 37.8 Å². The lowest BCUT2D eigenvalue weighted by atomic mass is 9.91. The molecule has 3 nitrogen and oxygen atoms in total. The van der Waals surface area contributed by atoms with E-state index in [-0.39, 0.29) is 18.1 Å². The minimum absolute atomic E-state index is 0.0368. The fraction of sp³-hybridized carbons (Fsp3) is 0.462. The smallest absolute Gasteiger partial charge is 0.322 e. The van der Waals surface area contributed by atoms with Gasteiger partial charge in [0.05, 0.1) is 12.1 Å². The van der Waals surface area contributed by atoms with E-state index < -0.39 is 0 Å². The molecule has 2 aliphatic rings. The molecule has 1 heterocycles. The number of rotatable bonds is 1. The number of nitrogens with zero attached hydrogens (tertiary/aromatic N) is 1. The van der Waals surface area contributed by atoms with Gasteiger partial charge in [0.25, 0.3) is 0 Å². The van der Waals surface area contributed by atoms with Gasteiger partial charge in [-0.3, -0.25) is 4.90 Å². The Morgan fingerprint density at radius 2 is 1.78 bits per heavy atom. The van der Waals surface area contributed by atoms with Gasteiger partial charge < -0.3 is 5.32 Å². The van der Waals surface area contributed by atoms with Gasteiger partial charge in [-0.15, -0.1) is 0 Å². The molecule has 1 N–H and O–H groups in total. The molecule has 0 spiro atoms. The monoisotopic (exact) mass is 284 g/mol. The predicted octanol–water partition coefficient (Wildman–Crippen LogP) is 3.83. The van der Waals surface area contributed by atoms with Crippen LogP contribution in [0, 0.1) is 0 Å². The first-order valence-electron chi connectivity index (χ1n) is 6.21. The van der Waals surface area contributed by atoms with E-state index in [0.717, 1.165) is 18.5 Å². The van der Waals surface area contributed by atoms with Crippen LogP contribution in [0.25, 0.3) is 0 Å². The molecule has 0 bridgehead atoms. The number of benzene rings is 1. The normalized spacial score (nSPS) is 27.0. The van der Waals surface area contributed by atoms with E-state index in [9.17, 15) is 4.79 Å². The Bertz CT molecular complexity index is 472. The van der Waals surface area contributed by atoms with E-state index in [4.69, 9.17) is 23.2 Å². The van der Waals surface area contributed by atoms with Crippen molar-refractivity contribution in [1.82, 2.24) is 5.32 Å². The van der Waals surface area contributed by atoms with Gasteiger partial charge in [-0.05, 0) is 31.0 Å². The van der Waals surface area contributed by atoms with Crippen molar-refractivity contribution in [3.8, 4) is 0 Å². The lowest BCUT2D eigenvalue weighted by Crippen LogP contribution is -2.39. The van der Waals surface area contributed by atoms with Gasteiger partial charge in [0.1, 0.15) is 0 Å². The molecule has 1 aliphatic heterocycles. The molecule has 1 saturated carbocycles. The zero-order valence-corrected chi connectivity index (χ0v) is 11.3. The van der Waals surface area contributed by atoms with Gasteiger partial charge in [0.15, 0.2) is 0 Å². The molecule has 1 saturated heterocycles. The van der Waals surface area contributed by atoms with Gasteiger partial charge in [0, 0.05) is 15.7 Å². The highest BCUT2D eigenvalue weighted by molar-refractivity contribution is 6.35. The number of carbonyl (C=O) groups is 1. The summed E-state index contributed by atoms with van der Waals surface area (Å²) in [6, 6.07) is 5.74. The van der Waals surface area contributed by atoms with E-state index in [2.05, 4.69) is 5.32 Å². The first-order valence-corrected chi connectivity index (χ1v) is 6.96. The number of halogens is 2. The minimum Gasteiger partial charge on any atom is -0.333 e. The number of amides is 2. The summed E-state index contributed by atoms with van der Waals surface area (Å²) in [5.41, 5.74) is 0.791. The lowest BCUT2D eigenvalue weighted by molar-refractivity contribution is 0.250. The quantitative estimate of drug-likeness (QED) is 0.835. The van der Waals surface area contributed by atoms with Crippen molar-refractivity contribution < 1.29 is 4.79 Å². The number of urea groups is 1. The standard InChI is InChI=1S/C13H14Cl2N2O/c14-8-5-9(15)7-10(6-8)17-12-4-2-1-3-11(12)16-13(17)18/h5-7,11-12H,1-4H2,(H,16,18). The molecule has 1 aromatic rings. The van der Waals surface area contributed by atoms with Gasteiger partial charge in [-0.1, -0.05) is 36.0 Å². The summed E-state index contributed by atoms with van der Waals surface area (Å²) in [6.07, 6.45) is 4.45. The molecule has 5 heteroatoms. The summed E-state index contributed by atoms with van der Waals surface area (Å²) in [5.74, 6) is 0. The number of hydrogen-bond donors (Lipinski definition) is 1. The van der Waals surface area contributed by atoms with Crippen LogP contribution in [-0.4, -0.2) is 18.1 Å². The highest BCUT2D eigenvalue weighted by atomic mass is 35.5. The third kappa shape index (κ3) is 2.06. The van der Waals surface area contributed by atoms with Crippen molar-refractivity contribution in [2.24, 2.45) is 0 Å². The number of anilines is 1. The Morgan fingerprint density at radius 3 is 2.50 bits per heavy atom. The van der Waals surface area contributed by atoms with Crippen LogP contribution in [-0.2, 0) is 0 Å². The number of hydrogen-bond acceptors (Lipinski definition) is 1. The molecular formula is C13H14Cl2N2O. The fourth-order valence-corrected chi connectivity index (χ4v) is 3.47.